The minimum atomic E-state index is -0.0825. The molecule has 0 spiro atoms. The normalized spacial score (nSPS) is 20.0. The van der Waals surface area contributed by atoms with Crippen LogP contribution >= 0.6 is 11.3 Å². The third kappa shape index (κ3) is 5.03. The van der Waals surface area contributed by atoms with Crippen molar-refractivity contribution in [2.75, 3.05) is 11.9 Å². The molecule has 5 nitrogen and oxygen atoms in total. The topological polar surface area (TPSA) is 62.3 Å². The van der Waals surface area contributed by atoms with Crippen molar-refractivity contribution in [3.63, 3.8) is 0 Å². The summed E-state index contributed by atoms with van der Waals surface area (Å²) in [7, 11) is 0. The van der Waals surface area contributed by atoms with Crippen molar-refractivity contribution in [2.45, 2.75) is 53.5 Å². The molecular weight excluding hydrogens is 310 g/mol. The van der Waals surface area contributed by atoms with Gasteiger partial charge in [0.1, 0.15) is 0 Å². The van der Waals surface area contributed by atoms with Gasteiger partial charge in [-0.2, -0.15) is 0 Å². The average Bonchev–Trinajstić information content (AvgIpc) is 2.98. The minimum absolute atomic E-state index is 0.0521. The van der Waals surface area contributed by atoms with Gasteiger partial charge in [0.25, 0.3) is 0 Å². The zero-order chi connectivity index (χ0) is 17.1. The zero-order valence-electron chi connectivity index (χ0n) is 14.6. The van der Waals surface area contributed by atoms with E-state index in [1.54, 1.807) is 0 Å². The zero-order valence-corrected chi connectivity index (χ0v) is 15.4. The third-order valence-corrected chi connectivity index (χ3v) is 5.10. The van der Waals surface area contributed by atoms with Crippen LogP contribution in [0.2, 0.25) is 0 Å². The molecule has 1 N–H and O–H groups in total. The monoisotopic (exact) mass is 337 g/mol. The number of rotatable bonds is 7. The Morgan fingerprint density at radius 1 is 1.39 bits per heavy atom. The van der Waals surface area contributed by atoms with Crippen molar-refractivity contribution in [1.29, 1.82) is 0 Å². The number of hydrogen-bond acceptors (Lipinski definition) is 4. The summed E-state index contributed by atoms with van der Waals surface area (Å²) in [6.07, 6.45) is 1.52. The Morgan fingerprint density at radius 3 is 2.57 bits per heavy atom. The standard InChI is InChI=1S/C17H27N3O2S/c1-10(2)16(22)19-17-18-14(9-23-17)7-15(21)20(11(3)4)8-13-6-12(13)5/h9-13H,6-8H2,1-5H3,(H,18,19,22)/t12-,13-/m1/s1. The fraction of sp³-hybridized carbons (Fsp3) is 0.706. The summed E-state index contributed by atoms with van der Waals surface area (Å²) in [5.41, 5.74) is 0.730. The number of thiazole rings is 1. The quantitative estimate of drug-likeness (QED) is 0.831. The number of amides is 2. The van der Waals surface area contributed by atoms with Crippen LogP contribution in [0, 0.1) is 17.8 Å². The van der Waals surface area contributed by atoms with Crippen LogP contribution in [-0.4, -0.2) is 34.3 Å². The molecule has 1 saturated carbocycles. The van der Waals surface area contributed by atoms with Gasteiger partial charge in [0, 0.05) is 23.9 Å². The molecule has 2 amide bonds. The predicted octanol–water partition coefficient (Wildman–Crippen LogP) is 3.17. The number of carbonyl (C=O) groups excluding carboxylic acids is 2. The maximum Gasteiger partial charge on any atom is 0.228 e. The summed E-state index contributed by atoms with van der Waals surface area (Å²) >= 11 is 1.37. The average molecular weight is 337 g/mol. The number of carbonyl (C=O) groups is 2. The second kappa shape index (κ2) is 7.43. The van der Waals surface area contributed by atoms with Crippen molar-refractivity contribution in [1.82, 2.24) is 9.88 Å². The number of nitrogens with one attached hydrogen (secondary N) is 1. The molecule has 0 unspecified atom stereocenters. The molecule has 1 aliphatic rings. The van der Waals surface area contributed by atoms with Gasteiger partial charge in [-0.25, -0.2) is 4.98 Å². The number of aromatic nitrogens is 1. The van der Waals surface area contributed by atoms with Gasteiger partial charge in [0.15, 0.2) is 5.13 Å². The highest BCUT2D eigenvalue weighted by molar-refractivity contribution is 7.13. The second-order valence-corrected chi connectivity index (χ2v) is 7.94. The Hall–Kier alpha value is -1.43. The molecule has 0 bridgehead atoms. The Kier molecular flexibility index (Phi) is 5.79. The summed E-state index contributed by atoms with van der Waals surface area (Å²) < 4.78 is 0. The Bertz CT molecular complexity index is 568. The molecule has 1 aromatic heterocycles. The summed E-state index contributed by atoms with van der Waals surface area (Å²) in [5.74, 6) is 1.37. The predicted molar refractivity (Wildman–Crippen MR) is 93.4 cm³/mol. The highest BCUT2D eigenvalue weighted by Crippen LogP contribution is 2.38. The third-order valence-electron chi connectivity index (χ3n) is 4.29. The van der Waals surface area contributed by atoms with Crippen LogP contribution in [0.4, 0.5) is 5.13 Å². The fourth-order valence-corrected chi connectivity index (χ4v) is 3.17. The molecular formula is C17H27N3O2S. The molecule has 0 radical (unpaired) electrons. The molecule has 0 saturated heterocycles. The lowest BCUT2D eigenvalue weighted by Crippen LogP contribution is -2.39. The van der Waals surface area contributed by atoms with Crippen LogP contribution < -0.4 is 5.32 Å². The smallest absolute Gasteiger partial charge is 0.228 e. The Balaban J connectivity index is 1.93. The van der Waals surface area contributed by atoms with E-state index in [1.807, 2.05) is 24.1 Å². The van der Waals surface area contributed by atoms with Gasteiger partial charge in [-0.05, 0) is 32.1 Å². The van der Waals surface area contributed by atoms with Crippen LogP contribution in [0.3, 0.4) is 0 Å². The molecule has 0 aromatic carbocycles. The Labute approximate surface area is 142 Å². The van der Waals surface area contributed by atoms with Crippen LogP contribution in [0.15, 0.2) is 5.38 Å². The number of anilines is 1. The first-order valence-electron chi connectivity index (χ1n) is 8.32. The van der Waals surface area contributed by atoms with Gasteiger partial charge in [-0.1, -0.05) is 20.8 Å². The maximum absolute atomic E-state index is 12.6. The summed E-state index contributed by atoms with van der Waals surface area (Å²) in [4.78, 5) is 30.6. The van der Waals surface area contributed by atoms with E-state index in [4.69, 9.17) is 0 Å². The highest BCUT2D eigenvalue weighted by atomic mass is 32.1. The minimum Gasteiger partial charge on any atom is -0.340 e. The van der Waals surface area contributed by atoms with Gasteiger partial charge in [-0.3, -0.25) is 9.59 Å². The molecule has 2 atom stereocenters. The van der Waals surface area contributed by atoms with E-state index >= 15 is 0 Å². The SMILES string of the molecule is CC(C)C(=O)Nc1nc(CC(=O)N(C[C@H]2C[C@H]2C)C(C)C)cs1. The van der Waals surface area contributed by atoms with E-state index < -0.39 is 0 Å². The summed E-state index contributed by atoms with van der Waals surface area (Å²) in [5, 5.41) is 5.20. The van der Waals surface area contributed by atoms with Gasteiger partial charge >= 0.3 is 0 Å². The van der Waals surface area contributed by atoms with Gasteiger partial charge in [-0.15, -0.1) is 11.3 Å². The summed E-state index contributed by atoms with van der Waals surface area (Å²) in [6, 6.07) is 0.203. The number of nitrogens with zero attached hydrogens (tertiary/aromatic N) is 2. The molecule has 2 rings (SSSR count). The van der Waals surface area contributed by atoms with Gasteiger partial charge in [0.2, 0.25) is 11.8 Å². The van der Waals surface area contributed by atoms with Gasteiger partial charge in [0.05, 0.1) is 12.1 Å². The van der Waals surface area contributed by atoms with Crippen molar-refractivity contribution in [3.05, 3.63) is 11.1 Å². The highest BCUT2D eigenvalue weighted by Gasteiger charge is 2.35. The van der Waals surface area contributed by atoms with Crippen molar-refractivity contribution in [3.8, 4) is 0 Å². The van der Waals surface area contributed by atoms with Crippen LogP contribution in [0.25, 0.3) is 0 Å². The fourth-order valence-electron chi connectivity index (χ4n) is 2.46. The van der Waals surface area contributed by atoms with E-state index in [-0.39, 0.29) is 23.8 Å². The number of hydrogen-bond donors (Lipinski definition) is 1. The molecule has 1 fully saturated rings. The Morgan fingerprint density at radius 2 is 2.04 bits per heavy atom. The lowest BCUT2D eigenvalue weighted by atomic mass is 10.2. The molecule has 0 aliphatic heterocycles. The van der Waals surface area contributed by atoms with Crippen LogP contribution in [0.5, 0.6) is 0 Å². The van der Waals surface area contributed by atoms with E-state index in [0.717, 1.165) is 18.2 Å². The molecule has 23 heavy (non-hydrogen) atoms. The van der Waals surface area contributed by atoms with Crippen molar-refractivity contribution >= 4 is 28.3 Å². The van der Waals surface area contributed by atoms with Crippen LogP contribution in [0.1, 0.15) is 46.7 Å². The van der Waals surface area contributed by atoms with Crippen molar-refractivity contribution in [2.24, 2.45) is 17.8 Å². The van der Waals surface area contributed by atoms with E-state index in [2.05, 4.69) is 31.1 Å². The maximum atomic E-state index is 12.6. The van der Waals surface area contributed by atoms with Gasteiger partial charge < -0.3 is 10.2 Å². The van der Waals surface area contributed by atoms with E-state index in [1.165, 1.54) is 17.8 Å². The largest absolute Gasteiger partial charge is 0.340 e. The molecule has 1 heterocycles. The van der Waals surface area contributed by atoms with Crippen molar-refractivity contribution < 1.29 is 9.59 Å². The first kappa shape index (κ1) is 17.9. The first-order valence-corrected chi connectivity index (χ1v) is 9.20. The van der Waals surface area contributed by atoms with E-state index in [9.17, 15) is 9.59 Å². The lowest BCUT2D eigenvalue weighted by molar-refractivity contribution is -0.132. The lowest BCUT2D eigenvalue weighted by Gasteiger charge is -2.26. The van der Waals surface area contributed by atoms with Crippen LogP contribution in [-0.2, 0) is 16.0 Å². The molecule has 1 aliphatic carbocycles. The molecule has 128 valence electrons. The molecule has 6 heteroatoms. The second-order valence-electron chi connectivity index (χ2n) is 7.08. The molecule has 1 aromatic rings. The summed E-state index contributed by atoms with van der Waals surface area (Å²) in [6.45, 7) is 10.9. The van der Waals surface area contributed by atoms with E-state index in [0.29, 0.717) is 17.5 Å². The first-order chi connectivity index (χ1) is 10.8.